The van der Waals surface area contributed by atoms with E-state index in [1.807, 2.05) is 29.0 Å². The van der Waals surface area contributed by atoms with Gasteiger partial charge in [-0.25, -0.2) is 4.98 Å². The third-order valence-corrected chi connectivity index (χ3v) is 4.72. The standard InChI is InChI=1S/C17H20Cl2N4/c1-2-7-22(15-4-5-15)9-13(10-23-12-20-11-21-23)16-6-3-14(18)8-17(16)19/h2-3,6,8,11-13,15H,1,4-5,7,9-10H2. The van der Waals surface area contributed by atoms with Crippen LogP contribution >= 0.6 is 23.2 Å². The lowest BCUT2D eigenvalue weighted by Crippen LogP contribution is -2.32. The molecule has 0 spiro atoms. The van der Waals surface area contributed by atoms with Crippen molar-refractivity contribution in [1.29, 1.82) is 0 Å². The van der Waals surface area contributed by atoms with Crippen molar-refractivity contribution < 1.29 is 0 Å². The molecule has 1 aromatic heterocycles. The first-order valence-corrected chi connectivity index (χ1v) is 8.55. The van der Waals surface area contributed by atoms with Crippen LogP contribution in [0.25, 0.3) is 0 Å². The summed E-state index contributed by atoms with van der Waals surface area (Å²) in [6.07, 6.45) is 7.79. The van der Waals surface area contributed by atoms with Crippen LogP contribution in [0.5, 0.6) is 0 Å². The molecule has 1 atom stereocenters. The number of hydrogen-bond donors (Lipinski definition) is 0. The second-order valence-electron chi connectivity index (χ2n) is 5.95. The molecule has 23 heavy (non-hydrogen) atoms. The first-order chi connectivity index (χ1) is 11.2. The van der Waals surface area contributed by atoms with E-state index in [0.29, 0.717) is 16.1 Å². The van der Waals surface area contributed by atoms with Crippen LogP contribution in [0.4, 0.5) is 0 Å². The van der Waals surface area contributed by atoms with Gasteiger partial charge >= 0.3 is 0 Å². The quantitative estimate of drug-likeness (QED) is 0.674. The van der Waals surface area contributed by atoms with Crippen molar-refractivity contribution in [3.8, 4) is 0 Å². The lowest BCUT2D eigenvalue weighted by Gasteiger charge is -2.27. The van der Waals surface area contributed by atoms with Crippen LogP contribution in [-0.2, 0) is 6.54 Å². The third-order valence-electron chi connectivity index (χ3n) is 4.16. The van der Waals surface area contributed by atoms with Crippen LogP contribution in [0.15, 0.2) is 43.5 Å². The van der Waals surface area contributed by atoms with Gasteiger partial charge in [0.1, 0.15) is 12.7 Å². The molecule has 0 saturated heterocycles. The lowest BCUT2D eigenvalue weighted by molar-refractivity contribution is 0.259. The molecule has 122 valence electrons. The second kappa shape index (κ2) is 7.47. The normalized spacial score (nSPS) is 15.8. The van der Waals surface area contributed by atoms with Crippen molar-refractivity contribution in [2.45, 2.75) is 31.3 Å². The van der Waals surface area contributed by atoms with Gasteiger partial charge in [0.2, 0.25) is 0 Å². The smallest absolute Gasteiger partial charge is 0.137 e. The summed E-state index contributed by atoms with van der Waals surface area (Å²) in [4.78, 5) is 6.51. The summed E-state index contributed by atoms with van der Waals surface area (Å²) in [6, 6.07) is 6.39. The first-order valence-electron chi connectivity index (χ1n) is 7.79. The zero-order chi connectivity index (χ0) is 16.2. The average molecular weight is 351 g/mol. The van der Waals surface area contributed by atoms with E-state index < -0.39 is 0 Å². The number of benzene rings is 1. The van der Waals surface area contributed by atoms with Crippen molar-refractivity contribution in [3.05, 3.63) is 59.1 Å². The van der Waals surface area contributed by atoms with E-state index in [0.717, 1.165) is 25.2 Å². The summed E-state index contributed by atoms with van der Waals surface area (Å²) in [7, 11) is 0. The minimum Gasteiger partial charge on any atom is -0.296 e. The molecule has 0 N–H and O–H groups in total. The van der Waals surface area contributed by atoms with Crippen molar-refractivity contribution in [1.82, 2.24) is 19.7 Å². The van der Waals surface area contributed by atoms with Gasteiger partial charge in [0.05, 0.1) is 6.54 Å². The van der Waals surface area contributed by atoms with Crippen molar-refractivity contribution in [2.75, 3.05) is 13.1 Å². The fourth-order valence-electron chi connectivity index (χ4n) is 2.90. The maximum absolute atomic E-state index is 6.45. The SMILES string of the molecule is C=CCN(CC(Cn1cncn1)c1ccc(Cl)cc1Cl)C1CC1. The monoisotopic (exact) mass is 350 g/mol. The lowest BCUT2D eigenvalue weighted by atomic mass is 9.98. The predicted molar refractivity (Wildman–Crippen MR) is 94.0 cm³/mol. The summed E-state index contributed by atoms with van der Waals surface area (Å²) >= 11 is 12.5. The highest BCUT2D eigenvalue weighted by Gasteiger charge is 2.30. The van der Waals surface area contributed by atoms with E-state index in [9.17, 15) is 0 Å². The van der Waals surface area contributed by atoms with Gasteiger partial charge in [0, 0.05) is 35.1 Å². The van der Waals surface area contributed by atoms with Crippen LogP contribution in [0.1, 0.15) is 24.3 Å². The minimum absolute atomic E-state index is 0.224. The molecule has 0 bridgehead atoms. The van der Waals surface area contributed by atoms with E-state index in [4.69, 9.17) is 23.2 Å². The molecule has 1 heterocycles. The third kappa shape index (κ3) is 4.34. The molecule has 0 aliphatic heterocycles. The largest absolute Gasteiger partial charge is 0.296 e. The Hall–Kier alpha value is -1.36. The molecule has 1 aromatic carbocycles. The van der Waals surface area contributed by atoms with Crippen molar-refractivity contribution >= 4 is 23.2 Å². The van der Waals surface area contributed by atoms with Gasteiger partial charge in [-0.2, -0.15) is 5.10 Å². The Morgan fingerprint density at radius 2 is 2.22 bits per heavy atom. The molecule has 4 nitrogen and oxygen atoms in total. The molecule has 1 aliphatic carbocycles. The summed E-state index contributed by atoms with van der Waals surface area (Å²) in [5.41, 5.74) is 1.10. The fourth-order valence-corrected chi connectivity index (χ4v) is 3.46. The molecular weight excluding hydrogens is 331 g/mol. The zero-order valence-electron chi connectivity index (χ0n) is 12.9. The molecule has 0 radical (unpaired) electrons. The Morgan fingerprint density at radius 1 is 1.39 bits per heavy atom. The first kappa shape index (κ1) is 16.5. The Balaban J connectivity index is 1.84. The summed E-state index contributed by atoms with van der Waals surface area (Å²) in [6.45, 7) is 6.43. The minimum atomic E-state index is 0.224. The van der Waals surface area contributed by atoms with Gasteiger partial charge in [-0.15, -0.1) is 6.58 Å². The van der Waals surface area contributed by atoms with E-state index >= 15 is 0 Å². The average Bonchev–Trinajstić information content (AvgIpc) is 3.24. The van der Waals surface area contributed by atoms with Crippen LogP contribution in [0.2, 0.25) is 10.0 Å². The molecule has 1 unspecified atom stereocenters. The molecule has 6 heteroatoms. The Bertz CT molecular complexity index is 653. The van der Waals surface area contributed by atoms with Crippen molar-refractivity contribution in [2.24, 2.45) is 0 Å². The van der Waals surface area contributed by atoms with Crippen LogP contribution < -0.4 is 0 Å². The van der Waals surface area contributed by atoms with Crippen molar-refractivity contribution in [3.63, 3.8) is 0 Å². The van der Waals surface area contributed by atoms with Gasteiger partial charge in [-0.05, 0) is 30.5 Å². The number of halogens is 2. The number of hydrogen-bond acceptors (Lipinski definition) is 3. The van der Waals surface area contributed by atoms with E-state index in [1.165, 1.54) is 12.8 Å². The number of aromatic nitrogens is 3. The Labute approximate surface area is 146 Å². The Kier molecular flexibility index (Phi) is 5.36. The Morgan fingerprint density at radius 3 is 2.83 bits per heavy atom. The number of nitrogens with zero attached hydrogens (tertiary/aromatic N) is 4. The van der Waals surface area contributed by atoms with Crippen LogP contribution in [-0.4, -0.2) is 38.8 Å². The van der Waals surface area contributed by atoms with E-state index in [-0.39, 0.29) is 5.92 Å². The molecule has 1 saturated carbocycles. The highest BCUT2D eigenvalue weighted by Crippen LogP contribution is 2.33. The summed E-state index contributed by atoms with van der Waals surface area (Å²) in [5.74, 6) is 0.224. The topological polar surface area (TPSA) is 34.0 Å². The maximum Gasteiger partial charge on any atom is 0.137 e. The molecular formula is C17H20Cl2N4. The maximum atomic E-state index is 6.45. The van der Waals surface area contributed by atoms with Gasteiger partial charge in [-0.1, -0.05) is 35.3 Å². The predicted octanol–water partition coefficient (Wildman–Crippen LogP) is 4.02. The molecule has 1 aliphatic rings. The molecule has 2 aromatic rings. The highest BCUT2D eigenvalue weighted by atomic mass is 35.5. The van der Waals surface area contributed by atoms with Gasteiger partial charge in [0.25, 0.3) is 0 Å². The summed E-state index contributed by atoms with van der Waals surface area (Å²) < 4.78 is 1.86. The van der Waals surface area contributed by atoms with Gasteiger partial charge < -0.3 is 0 Å². The molecule has 1 fully saturated rings. The zero-order valence-corrected chi connectivity index (χ0v) is 14.4. The van der Waals surface area contributed by atoms with E-state index in [1.54, 1.807) is 12.7 Å². The second-order valence-corrected chi connectivity index (χ2v) is 6.80. The molecule has 3 rings (SSSR count). The number of rotatable bonds is 8. The van der Waals surface area contributed by atoms with Crippen LogP contribution in [0.3, 0.4) is 0 Å². The van der Waals surface area contributed by atoms with Gasteiger partial charge in [-0.3, -0.25) is 9.58 Å². The summed E-state index contributed by atoms with van der Waals surface area (Å²) in [5, 5.41) is 5.60. The van der Waals surface area contributed by atoms with E-state index in [2.05, 4.69) is 21.6 Å². The van der Waals surface area contributed by atoms with Crippen LogP contribution in [0, 0.1) is 0 Å². The fraction of sp³-hybridized carbons (Fsp3) is 0.412. The molecule has 0 amide bonds. The highest BCUT2D eigenvalue weighted by molar-refractivity contribution is 6.35. The van der Waals surface area contributed by atoms with Gasteiger partial charge in [0.15, 0.2) is 0 Å².